The van der Waals surface area contributed by atoms with E-state index >= 15 is 0 Å². The van der Waals surface area contributed by atoms with Crippen LogP contribution in [-0.4, -0.2) is 51.0 Å². The minimum absolute atomic E-state index is 0.0225. The van der Waals surface area contributed by atoms with Crippen molar-refractivity contribution in [3.8, 4) is 0 Å². The molecule has 0 saturated carbocycles. The molecule has 2 amide bonds. The van der Waals surface area contributed by atoms with E-state index in [2.05, 4.69) is 10.6 Å². The monoisotopic (exact) mass is 593 g/mol. The Labute approximate surface area is 229 Å². The van der Waals surface area contributed by atoms with Crippen LogP contribution in [0.5, 0.6) is 0 Å². The number of nitrogens with one attached hydrogen (secondary N) is 2. The lowest BCUT2D eigenvalue weighted by atomic mass is 9.95. The van der Waals surface area contributed by atoms with Gasteiger partial charge in [0.2, 0.25) is 5.91 Å². The molecule has 1 aliphatic heterocycles. The van der Waals surface area contributed by atoms with Crippen LogP contribution >= 0.6 is 23.2 Å². The van der Waals surface area contributed by atoms with Gasteiger partial charge in [-0.1, -0.05) is 30.1 Å². The van der Waals surface area contributed by atoms with Gasteiger partial charge in [0.05, 0.1) is 22.1 Å². The van der Waals surface area contributed by atoms with Crippen LogP contribution in [0.2, 0.25) is 10.0 Å². The molecule has 0 aliphatic carbocycles. The number of hydrogen-bond acceptors (Lipinski definition) is 5. The summed E-state index contributed by atoms with van der Waals surface area (Å²) in [7, 11) is -2.12. The molecule has 3 rings (SSSR count). The quantitative estimate of drug-likeness (QED) is 0.463. The van der Waals surface area contributed by atoms with Gasteiger partial charge in [0.15, 0.2) is 9.84 Å². The third-order valence-electron chi connectivity index (χ3n) is 6.44. The van der Waals surface area contributed by atoms with Crippen LogP contribution in [0.4, 0.5) is 13.2 Å². The third-order valence-corrected chi connectivity index (χ3v) is 8.85. The molecule has 0 aromatic heterocycles. The zero-order chi connectivity index (χ0) is 28.3. The van der Waals surface area contributed by atoms with E-state index in [1.807, 2.05) is 0 Å². The number of benzene rings is 2. The van der Waals surface area contributed by atoms with Crippen molar-refractivity contribution in [2.24, 2.45) is 5.92 Å². The number of piperidine rings is 1. The van der Waals surface area contributed by atoms with Crippen molar-refractivity contribution >= 4 is 44.9 Å². The van der Waals surface area contributed by atoms with Crippen molar-refractivity contribution in [1.29, 1.82) is 0 Å². The smallest absolute Gasteiger partial charge is 0.359 e. The molecule has 2 aromatic carbocycles. The number of halogens is 5. The maximum absolute atomic E-state index is 14.0. The number of alkyl halides is 3. The molecule has 1 heterocycles. The average molecular weight is 594 g/mol. The van der Waals surface area contributed by atoms with E-state index in [0.29, 0.717) is 19.4 Å². The molecule has 1 atom stereocenters. The van der Waals surface area contributed by atoms with Crippen molar-refractivity contribution < 1.29 is 31.2 Å². The Morgan fingerprint density at radius 2 is 1.87 bits per heavy atom. The van der Waals surface area contributed by atoms with Crippen molar-refractivity contribution in [3.05, 3.63) is 62.6 Å². The normalized spacial score (nSPS) is 16.8. The Kier molecular flexibility index (Phi) is 9.72. The van der Waals surface area contributed by atoms with Crippen molar-refractivity contribution in [1.82, 2.24) is 15.5 Å². The first-order chi connectivity index (χ1) is 17.8. The molecule has 0 radical (unpaired) electrons. The highest BCUT2D eigenvalue weighted by molar-refractivity contribution is 7.91. The average Bonchev–Trinajstić information content (AvgIpc) is 2.87. The first-order valence-corrected chi connectivity index (χ1v) is 14.3. The SMILES string of the molecule is CCS(=O)(=O)c1ccc(Cl)cc1CNC(=O)c1cc(Cl)c(CN2CCC[C@H](C(=O)NC)C2)c(C(F)(F)F)c1. The van der Waals surface area contributed by atoms with Gasteiger partial charge in [-0.15, -0.1) is 0 Å². The molecule has 0 spiro atoms. The number of rotatable bonds is 8. The summed E-state index contributed by atoms with van der Waals surface area (Å²) < 4.78 is 66.9. The highest BCUT2D eigenvalue weighted by atomic mass is 35.5. The number of likely N-dealkylation sites (tertiary alicyclic amines) is 1. The summed E-state index contributed by atoms with van der Waals surface area (Å²) in [6, 6.07) is 6.00. The number of sulfone groups is 1. The van der Waals surface area contributed by atoms with Gasteiger partial charge >= 0.3 is 6.18 Å². The molecule has 2 aromatic rings. The minimum Gasteiger partial charge on any atom is -0.359 e. The van der Waals surface area contributed by atoms with Crippen molar-refractivity contribution in [2.45, 2.75) is 43.9 Å². The second-order valence-electron chi connectivity index (χ2n) is 9.01. The lowest BCUT2D eigenvalue weighted by Gasteiger charge is -2.32. The Morgan fingerprint density at radius 1 is 1.16 bits per heavy atom. The Morgan fingerprint density at radius 3 is 2.50 bits per heavy atom. The number of carbonyl (C=O) groups excluding carboxylic acids is 2. The lowest BCUT2D eigenvalue weighted by molar-refractivity contribution is -0.138. The van der Waals surface area contributed by atoms with Gasteiger partial charge in [0.1, 0.15) is 0 Å². The van der Waals surface area contributed by atoms with Crippen LogP contribution in [0.3, 0.4) is 0 Å². The second-order valence-corrected chi connectivity index (χ2v) is 12.1. The fourth-order valence-electron chi connectivity index (χ4n) is 4.44. The van der Waals surface area contributed by atoms with Crippen LogP contribution in [0.25, 0.3) is 0 Å². The highest BCUT2D eigenvalue weighted by Crippen LogP contribution is 2.37. The number of nitrogens with zero attached hydrogens (tertiary/aromatic N) is 1. The van der Waals surface area contributed by atoms with Crippen molar-refractivity contribution in [3.63, 3.8) is 0 Å². The molecule has 13 heteroatoms. The first kappa shape index (κ1) is 30.2. The molecule has 1 saturated heterocycles. The molecule has 0 unspecified atom stereocenters. The second kappa shape index (κ2) is 12.2. The summed E-state index contributed by atoms with van der Waals surface area (Å²) in [5, 5.41) is 5.05. The number of hydrogen-bond donors (Lipinski definition) is 2. The van der Waals surface area contributed by atoms with Gasteiger partial charge in [-0.3, -0.25) is 14.5 Å². The Hall–Kier alpha value is -2.34. The fourth-order valence-corrected chi connectivity index (χ4v) is 6.04. The van der Waals surface area contributed by atoms with Gasteiger partial charge in [0, 0.05) is 42.3 Å². The molecule has 1 aliphatic rings. The van der Waals surface area contributed by atoms with Crippen LogP contribution in [0.15, 0.2) is 35.2 Å². The molecule has 7 nitrogen and oxygen atoms in total. The molecule has 2 N–H and O–H groups in total. The van der Waals surface area contributed by atoms with E-state index in [4.69, 9.17) is 23.2 Å². The topological polar surface area (TPSA) is 95.6 Å². The molecule has 0 bridgehead atoms. The Balaban J connectivity index is 1.86. The summed E-state index contributed by atoms with van der Waals surface area (Å²) >= 11 is 12.3. The zero-order valence-electron chi connectivity index (χ0n) is 20.8. The van der Waals surface area contributed by atoms with Crippen LogP contribution in [0.1, 0.15) is 46.8 Å². The van der Waals surface area contributed by atoms with E-state index in [1.165, 1.54) is 32.2 Å². The van der Waals surface area contributed by atoms with Crippen LogP contribution in [-0.2, 0) is 33.9 Å². The predicted molar refractivity (Wildman–Crippen MR) is 139 cm³/mol. The van der Waals surface area contributed by atoms with E-state index in [0.717, 1.165) is 12.1 Å². The van der Waals surface area contributed by atoms with E-state index in [9.17, 15) is 31.2 Å². The van der Waals surface area contributed by atoms with E-state index < -0.39 is 27.5 Å². The van der Waals surface area contributed by atoms with Gasteiger partial charge in [-0.2, -0.15) is 13.2 Å². The summed E-state index contributed by atoms with van der Waals surface area (Å²) in [6.07, 6.45) is -3.50. The first-order valence-electron chi connectivity index (χ1n) is 11.9. The fraction of sp³-hybridized carbons (Fsp3) is 0.440. The molecular weight excluding hydrogens is 566 g/mol. The van der Waals surface area contributed by atoms with E-state index in [-0.39, 0.29) is 68.8 Å². The van der Waals surface area contributed by atoms with Gasteiger partial charge in [-0.05, 0) is 60.8 Å². The summed E-state index contributed by atoms with van der Waals surface area (Å²) in [5.41, 5.74) is -1.34. The summed E-state index contributed by atoms with van der Waals surface area (Å²) in [4.78, 5) is 26.6. The lowest BCUT2D eigenvalue weighted by Crippen LogP contribution is -2.42. The van der Waals surface area contributed by atoms with E-state index in [1.54, 1.807) is 4.90 Å². The summed E-state index contributed by atoms with van der Waals surface area (Å²) in [5.74, 6) is -1.54. The Bertz CT molecular complexity index is 1320. The van der Waals surface area contributed by atoms with Gasteiger partial charge in [0.25, 0.3) is 5.91 Å². The molecule has 38 heavy (non-hydrogen) atoms. The highest BCUT2D eigenvalue weighted by Gasteiger charge is 2.36. The molecule has 208 valence electrons. The van der Waals surface area contributed by atoms with Gasteiger partial charge in [-0.25, -0.2) is 8.42 Å². The minimum atomic E-state index is -4.79. The molecular formula is C25H28Cl2F3N3O4S. The molecule has 1 fully saturated rings. The maximum Gasteiger partial charge on any atom is 0.416 e. The van der Waals surface area contributed by atoms with Crippen molar-refractivity contribution in [2.75, 3.05) is 25.9 Å². The maximum atomic E-state index is 14.0. The van der Waals surface area contributed by atoms with Gasteiger partial charge < -0.3 is 10.6 Å². The standard InChI is InChI=1S/C25H28Cl2F3N3O4S/c1-3-38(36,37)22-7-6-18(26)9-17(22)12-32-24(35)16-10-20(25(28,29)30)19(21(27)11-16)14-33-8-4-5-15(13-33)23(34)31-2/h6-7,9-11,15H,3-5,8,12-14H2,1-2H3,(H,31,34)(H,32,35)/t15-/m0/s1. The van der Waals surface area contributed by atoms with Crippen LogP contribution < -0.4 is 10.6 Å². The van der Waals surface area contributed by atoms with Crippen LogP contribution in [0, 0.1) is 5.92 Å². The number of carbonyl (C=O) groups is 2. The largest absolute Gasteiger partial charge is 0.416 e. The number of amides is 2. The third kappa shape index (κ3) is 7.19. The predicted octanol–water partition coefficient (Wildman–Crippen LogP) is 4.69. The zero-order valence-corrected chi connectivity index (χ0v) is 23.1. The summed E-state index contributed by atoms with van der Waals surface area (Å²) in [6.45, 7) is 1.86.